The number of hydrogen-bond acceptors (Lipinski definition) is 5. The third-order valence-electron chi connectivity index (χ3n) is 3.31. The van der Waals surface area contributed by atoms with Crippen LogP contribution in [0.15, 0.2) is 18.2 Å². The van der Waals surface area contributed by atoms with E-state index in [9.17, 15) is 0 Å². The van der Waals surface area contributed by atoms with E-state index >= 15 is 0 Å². The lowest BCUT2D eigenvalue weighted by atomic mass is 10.2. The molecule has 1 aromatic rings. The van der Waals surface area contributed by atoms with Crippen molar-refractivity contribution in [2.24, 2.45) is 0 Å². The molecule has 0 saturated carbocycles. The second kappa shape index (κ2) is 5.56. The molecule has 98 valence electrons. The summed E-state index contributed by atoms with van der Waals surface area (Å²) in [7, 11) is 0. The number of piperazine rings is 1. The molecule has 2 aliphatic heterocycles. The number of benzene rings is 1. The van der Waals surface area contributed by atoms with Crippen LogP contribution in [0.3, 0.4) is 0 Å². The smallest absolute Gasteiger partial charge is 0.231 e. The van der Waals surface area contributed by atoms with Crippen molar-refractivity contribution in [3.05, 3.63) is 23.8 Å². The van der Waals surface area contributed by atoms with E-state index in [0.717, 1.165) is 50.9 Å². The average molecular weight is 249 g/mol. The number of nitrogens with one attached hydrogen (secondary N) is 2. The first-order valence-electron chi connectivity index (χ1n) is 6.44. The van der Waals surface area contributed by atoms with Gasteiger partial charge in [-0.15, -0.1) is 0 Å². The van der Waals surface area contributed by atoms with Gasteiger partial charge in [-0.2, -0.15) is 0 Å². The second-order valence-corrected chi connectivity index (χ2v) is 4.64. The molecule has 2 heterocycles. The zero-order chi connectivity index (χ0) is 12.2. The number of fused-ring (bicyclic) bond motifs is 1. The van der Waals surface area contributed by atoms with Gasteiger partial charge < -0.3 is 20.1 Å². The van der Waals surface area contributed by atoms with E-state index in [-0.39, 0.29) is 0 Å². The molecule has 1 saturated heterocycles. The zero-order valence-corrected chi connectivity index (χ0v) is 10.4. The van der Waals surface area contributed by atoms with Crippen LogP contribution in [0.1, 0.15) is 5.56 Å². The highest BCUT2D eigenvalue weighted by atomic mass is 16.7. The van der Waals surface area contributed by atoms with Gasteiger partial charge in [-0.3, -0.25) is 4.90 Å². The van der Waals surface area contributed by atoms with Gasteiger partial charge in [0.25, 0.3) is 0 Å². The summed E-state index contributed by atoms with van der Waals surface area (Å²) in [6.07, 6.45) is 0. The minimum Gasteiger partial charge on any atom is -0.454 e. The molecule has 0 aliphatic carbocycles. The Labute approximate surface area is 107 Å². The van der Waals surface area contributed by atoms with Crippen LogP contribution in [-0.2, 0) is 6.54 Å². The fourth-order valence-corrected chi connectivity index (χ4v) is 2.28. The molecule has 2 aliphatic rings. The van der Waals surface area contributed by atoms with Gasteiger partial charge in [0.05, 0.1) is 0 Å². The highest BCUT2D eigenvalue weighted by molar-refractivity contribution is 5.44. The number of ether oxygens (including phenoxy) is 2. The van der Waals surface area contributed by atoms with Crippen molar-refractivity contribution < 1.29 is 9.47 Å². The Morgan fingerprint density at radius 2 is 2.00 bits per heavy atom. The molecule has 2 N–H and O–H groups in total. The molecule has 0 unspecified atom stereocenters. The van der Waals surface area contributed by atoms with Gasteiger partial charge in [0.15, 0.2) is 11.5 Å². The second-order valence-electron chi connectivity index (χ2n) is 4.64. The minimum absolute atomic E-state index is 0.340. The molecule has 0 radical (unpaired) electrons. The molecule has 0 atom stereocenters. The molecule has 18 heavy (non-hydrogen) atoms. The van der Waals surface area contributed by atoms with Gasteiger partial charge >= 0.3 is 0 Å². The summed E-state index contributed by atoms with van der Waals surface area (Å²) in [6, 6.07) is 6.11. The molecule has 1 aromatic carbocycles. The topological polar surface area (TPSA) is 45.8 Å². The standard InChI is InChI=1S/C13H19N3O2/c1-2-12-13(18-10-17-12)7-11(1)8-15-9-16-5-3-14-4-6-16/h1-2,7,14-15H,3-6,8-10H2. The summed E-state index contributed by atoms with van der Waals surface area (Å²) in [5.74, 6) is 1.71. The van der Waals surface area contributed by atoms with Gasteiger partial charge in [0.2, 0.25) is 6.79 Å². The fraction of sp³-hybridized carbons (Fsp3) is 0.538. The summed E-state index contributed by atoms with van der Waals surface area (Å²) in [5, 5.41) is 6.82. The number of rotatable bonds is 4. The lowest BCUT2D eigenvalue weighted by Gasteiger charge is -2.27. The number of hydrogen-bond donors (Lipinski definition) is 2. The van der Waals surface area contributed by atoms with E-state index in [1.54, 1.807) is 0 Å². The first kappa shape index (κ1) is 11.8. The first-order valence-corrected chi connectivity index (χ1v) is 6.44. The summed E-state index contributed by atoms with van der Waals surface area (Å²) in [6.45, 7) is 6.56. The van der Waals surface area contributed by atoms with E-state index in [1.807, 2.05) is 12.1 Å². The molecule has 5 nitrogen and oxygen atoms in total. The maximum atomic E-state index is 5.37. The van der Waals surface area contributed by atoms with Crippen LogP contribution in [0, 0.1) is 0 Å². The first-order chi connectivity index (χ1) is 8.92. The van der Waals surface area contributed by atoms with E-state index in [2.05, 4.69) is 21.6 Å². The summed E-state index contributed by atoms with van der Waals surface area (Å²) < 4.78 is 10.7. The summed E-state index contributed by atoms with van der Waals surface area (Å²) in [5.41, 5.74) is 1.23. The van der Waals surface area contributed by atoms with Crippen LogP contribution in [0.5, 0.6) is 11.5 Å². The van der Waals surface area contributed by atoms with Crippen LogP contribution in [0.25, 0.3) is 0 Å². The normalized spacial score (nSPS) is 19.1. The SMILES string of the molecule is c1cc2c(cc1CNCN1CCNCC1)OCO2. The molecular weight excluding hydrogens is 230 g/mol. The third kappa shape index (κ3) is 2.75. The molecular formula is C13H19N3O2. The van der Waals surface area contributed by atoms with E-state index < -0.39 is 0 Å². The summed E-state index contributed by atoms with van der Waals surface area (Å²) >= 11 is 0. The predicted octanol–water partition coefficient (Wildman–Crippen LogP) is 0.368. The van der Waals surface area contributed by atoms with Gasteiger partial charge in [-0.25, -0.2) is 0 Å². The molecule has 0 amide bonds. The molecule has 0 aromatic heterocycles. The zero-order valence-electron chi connectivity index (χ0n) is 10.4. The fourth-order valence-electron chi connectivity index (χ4n) is 2.28. The van der Waals surface area contributed by atoms with Crippen LogP contribution in [0.4, 0.5) is 0 Å². The monoisotopic (exact) mass is 249 g/mol. The highest BCUT2D eigenvalue weighted by Crippen LogP contribution is 2.32. The molecule has 5 heteroatoms. The Kier molecular flexibility index (Phi) is 3.64. The Balaban J connectivity index is 1.48. The molecule has 0 bridgehead atoms. The predicted molar refractivity (Wildman–Crippen MR) is 68.7 cm³/mol. The largest absolute Gasteiger partial charge is 0.454 e. The van der Waals surface area contributed by atoms with Gasteiger partial charge in [-0.05, 0) is 17.7 Å². The molecule has 3 rings (SSSR count). The van der Waals surface area contributed by atoms with Gasteiger partial charge in [0, 0.05) is 39.4 Å². The lowest BCUT2D eigenvalue weighted by molar-refractivity contribution is 0.174. The van der Waals surface area contributed by atoms with Gasteiger partial charge in [-0.1, -0.05) is 6.07 Å². The molecule has 1 fully saturated rings. The Hall–Kier alpha value is -1.30. The van der Waals surface area contributed by atoms with Crippen molar-refractivity contribution in [1.29, 1.82) is 0 Å². The number of nitrogens with zero attached hydrogens (tertiary/aromatic N) is 1. The molecule has 0 spiro atoms. The van der Waals surface area contributed by atoms with Crippen molar-refractivity contribution in [1.82, 2.24) is 15.5 Å². The average Bonchev–Trinajstić information content (AvgIpc) is 2.87. The van der Waals surface area contributed by atoms with E-state index in [4.69, 9.17) is 9.47 Å². The Bertz CT molecular complexity index is 405. The van der Waals surface area contributed by atoms with E-state index in [1.165, 1.54) is 5.56 Å². The van der Waals surface area contributed by atoms with Crippen LogP contribution in [0.2, 0.25) is 0 Å². The van der Waals surface area contributed by atoms with Crippen molar-refractivity contribution in [2.45, 2.75) is 6.54 Å². The maximum absolute atomic E-state index is 5.37. The minimum atomic E-state index is 0.340. The van der Waals surface area contributed by atoms with Crippen molar-refractivity contribution in [3.63, 3.8) is 0 Å². The Morgan fingerprint density at radius 3 is 2.89 bits per heavy atom. The lowest BCUT2D eigenvalue weighted by Crippen LogP contribution is -2.46. The highest BCUT2D eigenvalue weighted by Gasteiger charge is 2.13. The third-order valence-corrected chi connectivity index (χ3v) is 3.31. The quantitative estimate of drug-likeness (QED) is 0.807. The van der Waals surface area contributed by atoms with Crippen LogP contribution < -0.4 is 20.1 Å². The van der Waals surface area contributed by atoms with Crippen molar-refractivity contribution in [3.8, 4) is 11.5 Å². The van der Waals surface area contributed by atoms with Gasteiger partial charge in [0.1, 0.15) is 0 Å². The van der Waals surface area contributed by atoms with E-state index in [0.29, 0.717) is 6.79 Å². The summed E-state index contributed by atoms with van der Waals surface area (Å²) in [4.78, 5) is 2.42. The van der Waals surface area contributed by atoms with Crippen molar-refractivity contribution >= 4 is 0 Å². The van der Waals surface area contributed by atoms with Crippen molar-refractivity contribution in [2.75, 3.05) is 39.6 Å². The van der Waals surface area contributed by atoms with Crippen LogP contribution >= 0.6 is 0 Å². The Morgan fingerprint density at radius 1 is 1.17 bits per heavy atom. The maximum Gasteiger partial charge on any atom is 0.231 e. The van der Waals surface area contributed by atoms with Crippen LogP contribution in [-0.4, -0.2) is 44.5 Å².